The molecule has 0 unspecified atom stereocenters. The van der Waals surface area contributed by atoms with Crippen molar-refractivity contribution in [3.63, 3.8) is 0 Å². The van der Waals surface area contributed by atoms with Crippen molar-refractivity contribution < 1.29 is 4.39 Å². The predicted molar refractivity (Wildman–Crippen MR) is 54.8 cm³/mol. The largest absolute Gasteiger partial charge is 0.308 e. The fraction of sp³-hybridized carbons (Fsp3) is 0.700. The van der Waals surface area contributed by atoms with Crippen LogP contribution in [0.1, 0.15) is 26.3 Å². The molecule has 80 valence electrons. The van der Waals surface area contributed by atoms with Gasteiger partial charge < -0.3 is 5.32 Å². The highest BCUT2D eigenvalue weighted by atomic mass is 19.1. The molecule has 1 rings (SSSR count). The van der Waals surface area contributed by atoms with Crippen molar-refractivity contribution >= 4 is 0 Å². The predicted octanol–water partition coefficient (Wildman–Crippen LogP) is 1.74. The van der Waals surface area contributed by atoms with E-state index in [9.17, 15) is 4.39 Å². The van der Waals surface area contributed by atoms with Gasteiger partial charge in [-0.15, -0.1) is 0 Å². The molecule has 0 aliphatic rings. The number of rotatable bonds is 4. The van der Waals surface area contributed by atoms with Gasteiger partial charge >= 0.3 is 0 Å². The third kappa shape index (κ3) is 3.87. The van der Waals surface area contributed by atoms with Gasteiger partial charge in [0.2, 0.25) is 0 Å². The molecular weight excluding hydrogens is 181 g/mol. The number of aromatic nitrogens is 2. The SMILES string of the molecule is CC(C)(C)NCc1cnn(CCF)c1. The molecule has 0 aromatic carbocycles. The molecule has 1 aromatic heterocycles. The Morgan fingerprint density at radius 1 is 1.50 bits per heavy atom. The summed E-state index contributed by atoms with van der Waals surface area (Å²) in [6.45, 7) is 7.08. The highest BCUT2D eigenvalue weighted by Crippen LogP contribution is 2.03. The number of hydrogen-bond donors (Lipinski definition) is 1. The number of nitrogens with one attached hydrogen (secondary N) is 1. The van der Waals surface area contributed by atoms with Crippen LogP contribution in [0.4, 0.5) is 4.39 Å². The van der Waals surface area contributed by atoms with Crippen LogP contribution in [-0.4, -0.2) is 22.0 Å². The highest BCUT2D eigenvalue weighted by molar-refractivity contribution is 5.03. The van der Waals surface area contributed by atoms with E-state index in [1.165, 1.54) is 0 Å². The van der Waals surface area contributed by atoms with E-state index in [0.717, 1.165) is 12.1 Å². The molecule has 0 amide bonds. The maximum Gasteiger partial charge on any atom is 0.109 e. The molecule has 0 atom stereocenters. The zero-order chi connectivity index (χ0) is 10.6. The first-order chi connectivity index (χ1) is 6.51. The average Bonchev–Trinajstić information content (AvgIpc) is 2.49. The molecule has 0 bridgehead atoms. The molecule has 0 spiro atoms. The summed E-state index contributed by atoms with van der Waals surface area (Å²) in [5.41, 5.74) is 1.19. The summed E-state index contributed by atoms with van der Waals surface area (Å²) in [7, 11) is 0. The molecule has 0 aliphatic carbocycles. The van der Waals surface area contributed by atoms with Gasteiger partial charge in [0.05, 0.1) is 12.7 Å². The smallest absolute Gasteiger partial charge is 0.109 e. The molecule has 1 aromatic rings. The first kappa shape index (κ1) is 11.2. The Labute approximate surface area is 84.3 Å². The summed E-state index contributed by atoms with van der Waals surface area (Å²) in [6, 6.07) is 0. The minimum atomic E-state index is -0.367. The molecule has 0 aliphatic heterocycles. The van der Waals surface area contributed by atoms with Crippen molar-refractivity contribution in [3.05, 3.63) is 18.0 Å². The summed E-state index contributed by atoms with van der Waals surface area (Å²) in [5.74, 6) is 0. The van der Waals surface area contributed by atoms with Crippen LogP contribution >= 0.6 is 0 Å². The summed E-state index contributed by atoms with van der Waals surface area (Å²) >= 11 is 0. The number of hydrogen-bond acceptors (Lipinski definition) is 2. The Morgan fingerprint density at radius 2 is 2.21 bits per heavy atom. The number of alkyl halides is 1. The van der Waals surface area contributed by atoms with Gasteiger partial charge in [-0.25, -0.2) is 4.39 Å². The molecule has 1 N–H and O–H groups in total. The minimum absolute atomic E-state index is 0.0994. The second-order valence-corrected chi connectivity index (χ2v) is 4.40. The topological polar surface area (TPSA) is 29.9 Å². The Bertz CT molecular complexity index is 275. The Kier molecular flexibility index (Phi) is 3.63. The van der Waals surface area contributed by atoms with Crippen LogP contribution in [0, 0.1) is 0 Å². The summed E-state index contributed by atoms with van der Waals surface area (Å²) in [6.07, 6.45) is 3.65. The quantitative estimate of drug-likeness (QED) is 0.800. The van der Waals surface area contributed by atoms with E-state index >= 15 is 0 Å². The normalized spacial score (nSPS) is 12.0. The molecule has 0 fully saturated rings. The van der Waals surface area contributed by atoms with E-state index in [1.807, 2.05) is 6.20 Å². The lowest BCUT2D eigenvalue weighted by Crippen LogP contribution is -2.34. The van der Waals surface area contributed by atoms with Gasteiger partial charge in [0.25, 0.3) is 0 Å². The maximum absolute atomic E-state index is 12.0. The lowest BCUT2D eigenvalue weighted by molar-refractivity contribution is 0.420. The Balaban J connectivity index is 2.44. The standard InChI is InChI=1S/C10H18FN3/c1-10(2,3)12-6-9-7-13-14(8-9)5-4-11/h7-8,12H,4-6H2,1-3H3. The number of halogens is 1. The van der Waals surface area contributed by atoms with Gasteiger partial charge in [-0.1, -0.05) is 0 Å². The molecule has 0 saturated carbocycles. The Hall–Kier alpha value is -0.900. The van der Waals surface area contributed by atoms with E-state index in [1.54, 1.807) is 10.9 Å². The first-order valence-electron chi connectivity index (χ1n) is 4.83. The monoisotopic (exact) mass is 199 g/mol. The van der Waals surface area contributed by atoms with E-state index in [-0.39, 0.29) is 12.2 Å². The lowest BCUT2D eigenvalue weighted by atomic mass is 10.1. The maximum atomic E-state index is 12.0. The molecular formula is C10H18FN3. The van der Waals surface area contributed by atoms with Gasteiger partial charge in [-0.05, 0) is 20.8 Å². The summed E-state index contributed by atoms with van der Waals surface area (Å²) < 4.78 is 13.6. The highest BCUT2D eigenvalue weighted by Gasteiger charge is 2.08. The third-order valence-corrected chi connectivity index (χ3v) is 1.82. The van der Waals surface area contributed by atoms with E-state index < -0.39 is 0 Å². The van der Waals surface area contributed by atoms with Crippen LogP contribution in [0.15, 0.2) is 12.4 Å². The molecule has 1 heterocycles. The van der Waals surface area contributed by atoms with E-state index in [4.69, 9.17) is 0 Å². The van der Waals surface area contributed by atoms with Crippen molar-refractivity contribution in [3.8, 4) is 0 Å². The number of aryl methyl sites for hydroxylation is 1. The zero-order valence-corrected chi connectivity index (χ0v) is 9.05. The molecule has 4 heteroatoms. The van der Waals surface area contributed by atoms with Crippen LogP contribution in [0.3, 0.4) is 0 Å². The zero-order valence-electron chi connectivity index (χ0n) is 9.05. The van der Waals surface area contributed by atoms with Gasteiger partial charge in [0, 0.05) is 23.8 Å². The van der Waals surface area contributed by atoms with Crippen molar-refractivity contribution in [1.82, 2.24) is 15.1 Å². The van der Waals surface area contributed by atoms with Crippen LogP contribution in [-0.2, 0) is 13.1 Å². The van der Waals surface area contributed by atoms with E-state index in [2.05, 4.69) is 31.2 Å². The van der Waals surface area contributed by atoms with Crippen molar-refractivity contribution in [2.24, 2.45) is 0 Å². The van der Waals surface area contributed by atoms with Crippen molar-refractivity contribution in [2.75, 3.05) is 6.67 Å². The fourth-order valence-corrected chi connectivity index (χ4v) is 1.07. The second-order valence-electron chi connectivity index (χ2n) is 4.40. The van der Waals surface area contributed by atoms with Crippen LogP contribution < -0.4 is 5.32 Å². The minimum Gasteiger partial charge on any atom is -0.308 e. The van der Waals surface area contributed by atoms with Crippen LogP contribution in [0.25, 0.3) is 0 Å². The lowest BCUT2D eigenvalue weighted by Gasteiger charge is -2.19. The summed E-state index contributed by atoms with van der Waals surface area (Å²) in [5, 5.41) is 7.39. The van der Waals surface area contributed by atoms with Gasteiger partial charge in [0.15, 0.2) is 0 Å². The Morgan fingerprint density at radius 3 is 2.79 bits per heavy atom. The average molecular weight is 199 g/mol. The van der Waals surface area contributed by atoms with Crippen molar-refractivity contribution in [2.45, 2.75) is 39.4 Å². The first-order valence-corrected chi connectivity index (χ1v) is 4.83. The molecule has 14 heavy (non-hydrogen) atoms. The second kappa shape index (κ2) is 4.55. The summed E-state index contributed by atoms with van der Waals surface area (Å²) in [4.78, 5) is 0. The van der Waals surface area contributed by atoms with E-state index in [0.29, 0.717) is 6.54 Å². The van der Waals surface area contributed by atoms with Crippen molar-refractivity contribution in [1.29, 1.82) is 0 Å². The van der Waals surface area contributed by atoms with Gasteiger partial charge in [-0.2, -0.15) is 5.10 Å². The number of nitrogens with zero attached hydrogens (tertiary/aromatic N) is 2. The molecule has 3 nitrogen and oxygen atoms in total. The van der Waals surface area contributed by atoms with Gasteiger partial charge in [0.1, 0.15) is 6.67 Å². The molecule has 0 radical (unpaired) electrons. The van der Waals surface area contributed by atoms with Crippen LogP contribution in [0.2, 0.25) is 0 Å². The molecule has 0 saturated heterocycles. The van der Waals surface area contributed by atoms with Gasteiger partial charge in [-0.3, -0.25) is 4.68 Å². The third-order valence-electron chi connectivity index (χ3n) is 1.82. The van der Waals surface area contributed by atoms with Crippen LogP contribution in [0.5, 0.6) is 0 Å². The fourth-order valence-electron chi connectivity index (χ4n) is 1.07.